The summed E-state index contributed by atoms with van der Waals surface area (Å²) in [6, 6.07) is -1.09. The second-order valence-corrected chi connectivity index (χ2v) is 11.4. The van der Waals surface area contributed by atoms with E-state index in [2.05, 4.69) is 30.2 Å². The fraction of sp³-hybridized carbons (Fsp3) is 0.593. The highest BCUT2D eigenvalue weighted by molar-refractivity contribution is 5.93. The number of aryl methyl sites for hydroxylation is 1. The second-order valence-electron chi connectivity index (χ2n) is 11.4. The summed E-state index contributed by atoms with van der Waals surface area (Å²) in [5.74, 6) is -9.79. The van der Waals surface area contributed by atoms with Crippen molar-refractivity contribution in [1.29, 1.82) is 0 Å². The molecule has 2 aliphatic carbocycles. The molecule has 3 N–H and O–H groups in total. The summed E-state index contributed by atoms with van der Waals surface area (Å²) < 4.78 is 116. The Kier molecular flexibility index (Phi) is 8.59. The Balaban J connectivity index is 1.48. The van der Waals surface area contributed by atoms with E-state index in [9.17, 15) is 40.3 Å². The molecule has 2 amide bonds. The maximum atomic E-state index is 15.9. The minimum absolute atomic E-state index is 0.0169. The van der Waals surface area contributed by atoms with E-state index >= 15 is 4.39 Å². The van der Waals surface area contributed by atoms with Gasteiger partial charge in [0.2, 0.25) is 18.3 Å². The number of hydrogen-bond acceptors (Lipinski definition) is 6. The average molecular weight is 637 g/mol. The van der Waals surface area contributed by atoms with E-state index in [1.54, 1.807) is 5.32 Å². The van der Waals surface area contributed by atoms with Crippen molar-refractivity contribution in [2.45, 2.75) is 88.4 Å². The Bertz CT molecular complexity index is 1510. The fourth-order valence-corrected chi connectivity index (χ4v) is 5.65. The Morgan fingerprint density at radius 1 is 1.07 bits per heavy atom. The number of alkyl halides is 7. The summed E-state index contributed by atoms with van der Waals surface area (Å²) in [5.41, 5.74) is -1.03. The Labute approximate surface area is 244 Å². The van der Waals surface area contributed by atoms with E-state index in [1.165, 1.54) is 13.0 Å². The van der Waals surface area contributed by atoms with Crippen molar-refractivity contribution in [3.8, 4) is 0 Å². The lowest BCUT2D eigenvalue weighted by molar-refractivity contribution is -0.166. The van der Waals surface area contributed by atoms with Crippen LogP contribution in [0.15, 0.2) is 16.8 Å². The van der Waals surface area contributed by atoms with Crippen LogP contribution in [0.3, 0.4) is 0 Å². The molecule has 5 rings (SSSR count). The lowest BCUT2D eigenvalue weighted by atomic mass is 9.81. The molecule has 3 atom stereocenters. The molecule has 17 heteroatoms. The number of hydrogen-bond donors (Lipinski definition) is 3. The molecular formula is C27H28F8N6O3. The first-order chi connectivity index (χ1) is 20.6. The number of carbonyl (C=O) groups is 2. The van der Waals surface area contributed by atoms with Crippen LogP contribution < -0.4 is 10.6 Å². The van der Waals surface area contributed by atoms with Crippen LogP contribution >= 0.6 is 0 Å². The van der Waals surface area contributed by atoms with Gasteiger partial charge in [-0.3, -0.25) is 9.59 Å². The number of benzene rings is 1. The largest absolute Gasteiger partial charge is 0.408 e. The molecule has 44 heavy (non-hydrogen) atoms. The van der Waals surface area contributed by atoms with Gasteiger partial charge < -0.3 is 15.6 Å². The molecule has 2 aromatic heterocycles. The smallest absolute Gasteiger partial charge is 0.344 e. The van der Waals surface area contributed by atoms with E-state index in [0.717, 1.165) is 6.07 Å². The summed E-state index contributed by atoms with van der Waals surface area (Å²) in [6.45, 7) is 1.45. The standard InChI is InChI=1S/C27H28F8N6O3/c1-11-19(41-44-40-11)25(43)38-20(12-6-8-26(31,32)9-7-12)23-36-16-5-4-14(18(30)21(16)37-23)15(10-17(28)29)24(42)39-22(13-2-3-13)27(33,34)35/h4-5,12-13,15,17,20,22H,2-3,6-10H2,1H3,(H,36,37)(H,38,43)(H,39,42). The molecule has 2 heterocycles. The van der Waals surface area contributed by atoms with Crippen LogP contribution in [0.5, 0.6) is 0 Å². The van der Waals surface area contributed by atoms with Crippen molar-refractivity contribution in [2.24, 2.45) is 11.8 Å². The first-order valence-corrected chi connectivity index (χ1v) is 14.0. The van der Waals surface area contributed by atoms with Gasteiger partial charge in [-0.15, -0.1) is 0 Å². The molecule has 0 saturated heterocycles. The summed E-state index contributed by atoms with van der Waals surface area (Å²) >= 11 is 0. The molecule has 2 fully saturated rings. The summed E-state index contributed by atoms with van der Waals surface area (Å²) in [6.07, 6.45) is -9.84. The minimum Gasteiger partial charge on any atom is -0.344 e. The summed E-state index contributed by atoms with van der Waals surface area (Å²) in [7, 11) is 0. The number of aromatic nitrogens is 4. The van der Waals surface area contributed by atoms with Crippen LogP contribution in [0.2, 0.25) is 0 Å². The quantitative estimate of drug-likeness (QED) is 0.239. The van der Waals surface area contributed by atoms with Gasteiger partial charge in [0.15, 0.2) is 11.5 Å². The molecule has 0 spiro atoms. The third-order valence-corrected chi connectivity index (χ3v) is 8.17. The zero-order chi connectivity index (χ0) is 32.0. The third-order valence-electron chi connectivity index (χ3n) is 8.17. The minimum atomic E-state index is -4.82. The Morgan fingerprint density at radius 3 is 2.32 bits per heavy atom. The Morgan fingerprint density at radius 2 is 1.75 bits per heavy atom. The normalized spacial score (nSPS) is 19.6. The lowest BCUT2D eigenvalue weighted by Gasteiger charge is -2.33. The van der Waals surface area contributed by atoms with E-state index in [1.807, 2.05) is 0 Å². The first-order valence-electron chi connectivity index (χ1n) is 14.0. The van der Waals surface area contributed by atoms with Gasteiger partial charge >= 0.3 is 6.18 Å². The van der Waals surface area contributed by atoms with Crippen molar-refractivity contribution in [3.63, 3.8) is 0 Å². The molecule has 0 bridgehead atoms. The van der Waals surface area contributed by atoms with Gasteiger partial charge in [-0.05, 0) is 55.7 Å². The molecule has 0 aliphatic heterocycles. The topological polar surface area (TPSA) is 126 Å². The maximum absolute atomic E-state index is 15.9. The number of imidazole rings is 1. The highest BCUT2D eigenvalue weighted by Gasteiger charge is 2.50. The van der Waals surface area contributed by atoms with Gasteiger partial charge in [0, 0.05) is 24.8 Å². The number of nitrogens with one attached hydrogen (secondary N) is 3. The van der Waals surface area contributed by atoms with E-state index in [-0.39, 0.29) is 48.4 Å². The van der Waals surface area contributed by atoms with Gasteiger partial charge in [0.25, 0.3) is 5.91 Å². The predicted octanol–water partition coefficient (Wildman–Crippen LogP) is 5.89. The van der Waals surface area contributed by atoms with Crippen LogP contribution in [0.1, 0.15) is 84.5 Å². The number of nitrogens with zero attached hydrogens (tertiary/aromatic N) is 3. The van der Waals surface area contributed by atoms with Crippen molar-refractivity contribution in [1.82, 2.24) is 30.9 Å². The number of fused-ring (bicyclic) bond motifs is 1. The summed E-state index contributed by atoms with van der Waals surface area (Å²) in [5, 5.41) is 11.5. The zero-order valence-corrected chi connectivity index (χ0v) is 23.2. The highest BCUT2D eigenvalue weighted by atomic mass is 19.4. The van der Waals surface area contributed by atoms with E-state index in [0.29, 0.717) is 0 Å². The number of rotatable bonds is 10. The lowest BCUT2D eigenvalue weighted by Crippen LogP contribution is -2.48. The van der Waals surface area contributed by atoms with Crippen molar-refractivity contribution in [3.05, 3.63) is 40.7 Å². The highest BCUT2D eigenvalue weighted by Crippen LogP contribution is 2.43. The van der Waals surface area contributed by atoms with Gasteiger partial charge in [0.05, 0.1) is 17.5 Å². The molecule has 2 aliphatic rings. The number of aromatic amines is 1. The Hall–Kier alpha value is -3.79. The van der Waals surface area contributed by atoms with Crippen LogP contribution in [0, 0.1) is 24.6 Å². The summed E-state index contributed by atoms with van der Waals surface area (Å²) in [4.78, 5) is 32.9. The fourth-order valence-electron chi connectivity index (χ4n) is 5.65. The van der Waals surface area contributed by atoms with Gasteiger partial charge in [-0.2, -0.15) is 13.2 Å². The third kappa shape index (κ3) is 6.80. The molecule has 1 aromatic carbocycles. The van der Waals surface area contributed by atoms with Crippen LogP contribution in [-0.4, -0.2) is 56.7 Å². The van der Waals surface area contributed by atoms with Crippen molar-refractivity contribution >= 4 is 22.8 Å². The van der Waals surface area contributed by atoms with Gasteiger partial charge in [-0.25, -0.2) is 31.6 Å². The number of carbonyl (C=O) groups excluding carboxylic acids is 2. The van der Waals surface area contributed by atoms with Gasteiger partial charge in [-0.1, -0.05) is 11.2 Å². The van der Waals surface area contributed by atoms with Crippen LogP contribution in [-0.2, 0) is 4.79 Å². The van der Waals surface area contributed by atoms with Crippen molar-refractivity contribution in [2.75, 3.05) is 0 Å². The number of amides is 2. The van der Waals surface area contributed by atoms with Gasteiger partial charge in [0.1, 0.15) is 23.1 Å². The molecule has 2 saturated carbocycles. The van der Waals surface area contributed by atoms with Crippen molar-refractivity contribution < 1.29 is 49.3 Å². The SMILES string of the molecule is Cc1nonc1C(=O)NC(c1nc2c(F)c(C(CC(F)F)C(=O)NC(C3CC3)C(F)(F)F)ccc2[nH]1)C1CCC(F)(F)CC1. The number of halogens is 8. The molecule has 240 valence electrons. The average Bonchev–Trinajstić information content (AvgIpc) is 3.52. The molecule has 0 radical (unpaired) electrons. The molecular weight excluding hydrogens is 608 g/mol. The monoisotopic (exact) mass is 636 g/mol. The first kappa shape index (κ1) is 31.6. The maximum Gasteiger partial charge on any atom is 0.408 e. The molecule has 3 unspecified atom stereocenters. The predicted molar refractivity (Wildman–Crippen MR) is 136 cm³/mol. The number of H-pyrrole nitrogens is 1. The molecule has 9 nitrogen and oxygen atoms in total. The zero-order valence-electron chi connectivity index (χ0n) is 23.2. The van der Waals surface area contributed by atoms with Crippen LogP contribution in [0.25, 0.3) is 11.0 Å². The second kappa shape index (κ2) is 12.0. The van der Waals surface area contributed by atoms with E-state index in [4.69, 9.17) is 0 Å². The molecule has 3 aromatic rings. The van der Waals surface area contributed by atoms with Crippen LogP contribution in [0.4, 0.5) is 35.1 Å². The van der Waals surface area contributed by atoms with E-state index < -0.39 is 96.3 Å².